The van der Waals surface area contributed by atoms with Gasteiger partial charge in [0, 0.05) is 18.8 Å². The van der Waals surface area contributed by atoms with Gasteiger partial charge in [-0.05, 0) is 37.3 Å². The molecule has 2 rings (SSSR count). The summed E-state index contributed by atoms with van der Waals surface area (Å²) in [7, 11) is -4.10. The van der Waals surface area contributed by atoms with E-state index in [2.05, 4.69) is 19.4 Å². The number of rotatable bonds is 8. The number of benzene rings is 1. The first-order chi connectivity index (χ1) is 14.4. The molecule has 14 heteroatoms. The molecule has 168 valence electrons. The maximum atomic E-state index is 13.8. The number of carbonyl (C=O) groups is 2. The van der Waals surface area contributed by atoms with Crippen LogP contribution in [0.5, 0.6) is 0 Å². The monoisotopic (exact) mass is 461 g/mol. The van der Waals surface area contributed by atoms with Crippen molar-refractivity contribution >= 4 is 33.4 Å². The summed E-state index contributed by atoms with van der Waals surface area (Å²) in [6, 6.07) is 5.31. The third-order valence-electron chi connectivity index (χ3n) is 3.69. The molecule has 1 amide bonds. The lowest BCUT2D eigenvalue weighted by Crippen LogP contribution is -2.69. The Balaban J connectivity index is 2.36. The average Bonchev–Trinajstić information content (AvgIpc) is 2.67. The molecule has 3 N–H and O–H groups in total. The number of aromatic nitrogens is 2. The first-order valence-electron chi connectivity index (χ1n) is 8.61. The van der Waals surface area contributed by atoms with E-state index >= 15 is 0 Å². The number of sulfonamides is 1. The van der Waals surface area contributed by atoms with Crippen molar-refractivity contribution in [1.29, 1.82) is 0 Å². The van der Waals surface area contributed by atoms with Crippen molar-refractivity contribution in [2.24, 2.45) is 0 Å². The van der Waals surface area contributed by atoms with Crippen LogP contribution in [0.15, 0.2) is 47.8 Å². The van der Waals surface area contributed by atoms with Crippen LogP contribution >= 0.6 is 0 Å². The number of ether oxygens (including phenoxy) is 1. The Kier molecular flexibility index (Phi) is 7.05. The molecular formula is C17H18F3N5O5S. The van der Waals surface area contributed by atoms with Gasteiger partial charge in [0.05, 0.1) is 11.5 Å². The summed E-state index contributed by atoms with van der Waals surface area (Å²) in [6.45, 7) is 1.73. The Labute approximate surface area is 175 Å². The van der Waals surface area contributed by atoms with E-state index in [1.165, 1.54) is 19.2 Å². The van der Waals surface area contributed by atoms with Crippen LogP contribution in [0, 0.1) is 0 Å². The summed E-state index contributed by atoms with van der Waals surface area (Å²) >= 11 is 0. The maximum absolute atomic E-state index is 13.8. The Morgan fingerprint density at radius 2 is 1.77 bits per heavy atom. The largest absolute Gasteiger partial charge is 0.463 e. The summed E-state index contributed by atoms with van der Waals surface area (Å²) in [4.78, 5) is 30.6. The number of carbonyl (C=O) groups excluding carboxylic acids is 2. The molecule has 1 aromatic carbocycles. The van der Waals surface area contributed by atoms with Crippen molar-refractivity contribution < 1.29 is 35.9 Å². The molecule has 0 radical (unpaired) electrons. The lowest BCUT2D eigenvalue weighted by Gasteiger charge is -2.35. The highest BCUT2D eigenvalue weighted by molar-refractivity contribution is 7.92. The number of nitrogens with one attached hydrogen (secondary N) is 3. The van der Waals surface area contributed by atoms with Crippen molar-refractivity contribution in [3.05, 3.63) is 42.9 Å². The summed E-state index contributed by atoms with van der Waals surface area (Å²) < 4.78 is 72.9. The van der Waals surface area contributed by atoms with Crippen LogP contribution in [-0.2, 0) is 24.3 Å². The highest BCUT2D eigenvalue weighted by atomic mass is 32.2. The fourth-order valence-electron chi connectivity index (χ4n) is 2.38. The summed E-state index contributed by atoms with van der Waals surface area (Å²) in [5.41, 5.74) is -3.88. The molecule has 0 bridgehead atoms. The molecule has 0 saturated carbocycles. The number of anilines is 2. The minimum absolute atomic E-state index is 0.0127. The highest BCUT2D eigenvalue weighted by Crippen LogP contribution is 2.33. The van der Waals surface area contributed by atoms with Gasteiger partial charge in [0.25, 0.3) is 10.0 Å². The molecule has 0 aliphatic carbocycles. The molecule has 10 nitrogen and oxygen atoms in total. The van der Waals surface area contributed by atoms with Crippen LogP contribution in [0.1, 0.15) is 13.8 Å². The number of alkyl halides is 3. The predicted molar refractivity (Wildman–Crippen MR) is 102 cm³/mol. The van der Waals surface area contributed by atoms with E-state index in [0.717, 1.165) is 37.5 Å². The van der Waals surface area contributed by atoms with E-state index < -0.39 is 33.7 Å². The first kappa shape index (κ1) is 23.9. The second kappa shape index (κ2) is 9.16. The van der Waals surface area contributed by atoms with Gasteiger partial charge in [-0.25, -0.2) is 23.2 Å². The molecule has 0 fully saturated rings. The van der Waals surface area contributed by atoms with Crippen LogP contribution in [0.25, 0.3) is 0 Å². The van der Waals surface area contributed by atoms with Crippen molar-refractivity contribution in [3.8, 4) is 0 Å². The Morgan fingerprint density at radius 1 is 1.13 bits per heavy atom. The Bertz CT molecular complexity index is 1030. The standard InChI is InChI=1S/C17H18F3N5O5S/c1-3-30-15(27)16(17(18,19)20,23-11(2)26)24-12-4-6-13(7-5-12)31(28,29)25-14-8-9-21-10-22-14/h4-10,24H,3H2,1-2H3,(H,23,26)(H,21,22,25). The molecule has 0 spiro atoms. The van der Waals surface area contributed by atoms with Crippen molar-refractivity contribution in [2.45, 2.75) is 30.6 Å². The maximum Gasteiger partial charge on any atom is 0.441 e. The number of halogens is 3. The minimum atomic E-state index is -5.29. The number of nitrogens with zero attached hydrogens (tertiary/aromatic N) is 2. The molecule has 0 aliphatic rings. The number of esters is 1. The van der Waals surface area contributed by atoms with Gasteiger partial charge in [0.2, 0.25) is 5.91 Å². The third kappa shape index (κ3) is 5.59. The number of amides is 1. The normalized spacial score (nSPS) is 13.6. The lowest BCUT2D eigenvalue weighted by atomic mass is 10.1. The zero-order valence-electron chi connectivity index (χ0n) is 16.2. The smallest absolute Gasteiger partial charge is 0.441 e. The fraction of sp³-hybridized carbons (Fsp3) is 0.294. The molecule has 31 heavy (non-hydrogen) atoms. The molecule has 1 atom stereocenters. The second-order valence-corrected chi connectivity index (χ2v) is 7.68. The fourth-order valence-corrected chi connectivity index (χ4v) is 3.38. The SMILES string of the molecule is CCOC(=O)C(NC(C)=O)(Nc1ccc(S(=O)(=O)Nc2ccncn2)cc1)C(F)(F)F. The van der Waals surface area contributed by atoms with Gasteiger partial charge in [-0.1, -0.05) is 0 Å². The van der Waals surface area contributed by atoms with E-state index in [1.54, 1.807) is 5.32 Å². The Morgan fingerprint density at radius 3 is 2.26 bits per heavy atom. The molecular weight excluding hydrogens is 443 g/mol. The van der Waals surface area contributed by atoms with Gasteiger partial charge < -0.3 is 15.4 Å². The van der Waals surface area contributed by atoms with Crippen LogP contribution in [0.4, 0.5) is 24.7 Å². The molecule has 0 saturated heterocycles. The topological polar surface area (TPSA) is 139 Å². The van der Waals surface area contributed by atoms with Crippen molar-refractivity contribution in [3.63, 3.8) is 0 Å². The number of hydrogen-bond acceptors (Lipinski definition) is 8. The molecule has 1 heterocycles. The van der Waals surface area contributed by atoms with Crippen LogP contribution < -0.4 is 15.4 Å². The van der Waals surface area contributed by atoms with Crippen molar-refractivity contribution in [1.82, 2.24) is 15.3 Å². The molecule has 0 aliphatic heterocycles. The van der Waals surface area contributed by atoms with E-state index in [1.807, 2.05) is 5.32 Å². The van der Waals surface area contributed by atoms with Crippen molar-refractivity contribution in [2.75, 3.05) is 16.6 Å². The first-order valence-corrected chi connectivity index (χ1v) is 10.1. The molecule has 1 aromatic heterocycles. The molecule has 2 aromatic rings. The summed E-state index contributed by atoms with van der Waals surface area (Å²) in [5.74, 6) is -2.94. The van der Waals surface area contributed by atoms with Crippen LogP contribution in [-0.4, -0.2) is 48.7 Å². The highest BCUT2D eigenvalue weighted by Gasteiger charge is 2.63. The average molecular weight is 461 g/mol. The minimum Gasteiger partial charge on any atom is -0.463 e. The van der Waals surface area contributed by atoms with Gasteiger partial charge in [-0.3, -0.25) is 9.52 Å². The third-order valence-corrected chi connectivity index (χ3v) is 5.06. The predicted octanol–water partition coefficient (Wildman–Crippen LogP) is 1.65. The van der Waals surface area contributed by atoms with Gasteiger partial charge in [-0.2, -0.15) is 13.2 Å². The van der Waals surface area contributed by atoms with E-state index in [-0.39, 0.29) is 23.0 Å². The molecule has 1 unspecified atom stereocenters. The van der Waals surface area contributed by atoms with E-state index in [0.29, 0.717) is 0 Å². The van der Waals surface area contributed by atoms with Gasteiger partial charge in [0.15, 0.2) is 0 Å². The van der Waals surface area contributed by atoms with Gasteiger partial charge in [-0.15, -0.1) is 0 Å². The van der Waals surface area contributed by atoms with Gasteiger partial charge >= 0.3 is 17.8 Å². The quantitative estimate of drug-likeness (QED) is 0.398. The summed E-state index contributed by atoms with van der Waals surface area (Å²) in [6.07, 6.45) is -2.85. The second-order valence-electron chi connectivity index (χ2n) is 6.00. The van der Waals surface area contributed by atoms with Crippen LogP contribution in [0.3, 0.4) is 0 Å². The summed E-state index contributed by atoms with van der Waals surface area (Å²) in [5, 5.41) is 3.46. The van der Waals surface area contributed by atoms with E-state index in [9.17, 15) is 31.2 Å². The zero-order chi connectivity index (χ0) is 23.3. The zero-order valence-corrected chi connectivity index (χ0v) is 17.0. The van der Waals surface area contributed by atoms with Gasteiger partial charge in [0.1, 0.15) is 12.1 Å². The lowest BCUT2D eigenvalue weighted by molar-refractivity contribution is -0.207. The van der Waals surface area contributed by atoms with E-state index in [4.69, 9.17) is 0 Å². The Hall–Kier alpha value is -3.42. The number of hydrogen-bond donors (Lipinski definition) is 3. The van der Waals surface area contributed by atoms with Crippen LogP contribution in [0.2, 0.25) is 0 Å².